The zero-order chi connectivity index (χ0) is 15.6. The lowest BCUT2D eigenvalue weighted by Gasteiger charge is -2.00. The Bertz CT molecular complexity index is 488. The number of rotatable bonds is 11. The lowest BCUT2D eigenvalue weighted by atomic mass is 10.1. The van der Waals surface area contributed by atoms with Gasteiger partial charge in [-0.1, -0.05) is 12.8 Å². The topological polar surface area (TPSA) is 17.6 Å². The van der Waals surface area contributed by atoms with E-state index in [1.54, 1.807) is 0 Å². The van der Waals surface area contributed by atoms with Crippen LogP contribution < -0.4 is 43.1 Å². The highest BCUT2D eigenvalue weighted by Gasteiger charge is 2.02. The Morgan fingerprint density at radius 1 is 0.625 bits per heavy atom. The lowest BCUT2D eigenvalue weighted by molar-refractivity contribution is -0.697. The number of aryl methyl sites for hydroxylation is 4. The van der Waals surface area contributed by atoms with E-state index in [9.17, 15) is 0 Å². The standard InChI is InChI=1S/C18H32N4.2BrH/c1-3-19-13-15-21(17-19)11-9-7-5-6-8-10-12-22-16-14-20(4-2)18-22;;/h13-18H,3-12H2,1-2H3;2*1H/q+2;;/p-2. The van der Waals surface area contributed by atoms with Gasteiger partial charge in [0.1, 0.15) is 24.8 Å². The minimum atomic E-state index is 0. The van der Waals surface area contributed by atoms with Crippen LogP contribution in [0.25, 0.3) is 0 Å². The molecule has 24 heavy (non-hydrogen) atoms. The fourth-order valence-corrected chi connectivity index (χ4v) is 2.81. The molecule has 0 N–H and O–H groups in total. The van der Waals surface area contributed by atoms with Crippen LogP contribution in [0, 0.1) is 0 Å². The third kappa shape index (κ3) is 8.47. The molecule has 0 fully saturated rings. The predicted octanol–water partition coefficient (Wildman–Crippen LogP) is -3.05. The summed E-state index contributed by atoms with van der Waals surface area (Å²) in [4.78, 5) is 0. The van der Waals surface area contributed by atoms with Crippen molar-refractivity contribution in [3.05, 3.63) is 37.4 Å². The Morgan fingerprint density at radius 3 is 1.33 bits per heavy atom. The summed E-state index contributed by atoms with van der Waals surface area (Å²) >= 11 is 0. The minimum Gasteiger partial charge on any atom is -1.00 e. The number of halogens is 2. The van der Waals surface area contributed by atoms with Crippen LogP contribution in [-0.2, 0) is 26.2 Å². The number of aromatic nitrogens is 4. The van der Waals surface area contributed by atoms with Crippen LogP contribution in [0.1, 0.15) is 52.4 Å². The minimum absolute atomic E-state index is 0. The molecule has 0 atom stereocenters. The van der Waals surface area contributed by atoms with Gasteiger partial charge in [-0.15, -0.1) is 0 Å². The van der Waals surface area contributed by atoms with Gasteiger partial charge in [-0.25, -0.2) is 18.3 Å². The Morgan fingerprint density at radius 2 is 1.00 bits per heavy atom. The molecule has 0 spiro atoms. The maximum Gasteiger partial charge on any atom is 0.243 e. The largest absolute Gasteiger partial charge is 1.00 e. The van der Waals surface area contributed by atoms with Crippen LogP contribution in [0.5, 0.6) is 0 Å². The zero-order valence-corrected chi connectivity index (χ0v) is 18.3. The summed E-state index contributed by atoms with van der Waals surface area (Å²) in [5.74, 6) is 0. The summed E-state index contributed by atoms with van der Waals surface area (Å²) < 4.78 is 9.06. The molecule has 4 nitrogen and oxygen atoms in total. The van der Waals surface area contributed by atoms with E-state index in [2.05, 4.69) is 69.6 Å². The van der Waals surface area contributed by atoms with Crippen LogP contribution in [0.4, 0.5) is 0 Å². The van der Waals surface area contributed by atoms with E-state index >= 15 is 0 Å². The lowest BCUT2D eigenvalue weighted by Crippen LogP contribution is -3.00. The van der Waals surface area contributed by atoms with Crippen molar-refractivity contribution in [3.63, 3.8) is 0 Å². The first-order valence-electron chi connectivity index (χ1n) is 8.91. The maximum atomic E-state index is 2.30. The molecule has 0 aromatic carbocycles. The molecule has 0 saturated carbocycles. The molecule has 2 heterocycles. The molecule has 0 saturated heterocycles. The van der Waals surface area contributed by atoms with Crippen LogP contribution >= 0.6 is 0 Å². The van der Waals surface area contributed by atoms with Crippen molar-refractivity contribution in [2.75, 3.05) is 0 Å². The smallest absolute Gasteiger partial charge is 0.243 e. The average molecular weight is 464 g/mol. The first kappa shape index (κ1) is 23.4. The molecule has 6 heteroatoms. The van der Waals surface area contributed by atoms with Crippen molar-refractivity contribution in [3.8, 4) is 0 Å². The van der Waals surface area contributed by atoms with Crippen LogP contribution in [0.15, 0.2) is 37.4 Å². The summed E-state index contributed by atoms with van der Waals surface area (Å²) in [5, 5.41) is 0. The second kappa shape index (κ2) is 13.6. The summed E-state index contributed by atoms with van der Waals surface area (Å²) in [5.41, 5.74) is 0. The van der Waals surface area contributed by atoms with Crippen molar-refractivity contribution < 1.29 is 43.1 Å². The van der Waals surface area contributed by atoms with Crippen LogP contribution in [0.2, 0.25) is 0 Å². The highest BCUT2D eigenvalue weighted by Crippen LogP contribution is 2.05. The number of hydrogen-bond donors (Lipinski definition) is 0. The summed E-state index contributed by atoms with van der Waals surface area (Å²) in [6.45, 7) is 8.81. The molecule has 0 bridgehead atoms. The van der Waals surface area contributed by atoms with Crippen molar-refractivity contribution in [2.24, 2.45) is 0 Å². The van der Waals surface area contributed by atoms with Gasteiger partial charge in [0.25, 0.3) is 0 Å². The molecule has 2 aromatic rings. The van der Waals surface area contributed by atoms with E-state index in [4.69, 9.17) is 0 Å². The fourth-order valence-electron chi connectivity index (χ4n) is 2.81. The van der Waals surface area contributed by atoms with E-state index in [0.717, 1.165) is 26.2 Å². The average Bonchev–Trinajstić information content (AvgIpc) is 3.18. The molecule has 0 radical (unpaired) electrons. The van der Waals surface area contributed by atoms with Gasteiger partial charge >= 0.3 is 0 Å². The van der Waals surface area contributed by atoms with Gasteiger partial charge in [-0.05, 0) is 39.5 Å². The van der Waals surface area contributed by atoms with E-state index < -0.39 is 0 Å². The summed E-state index contributed by atoms with van der Waals surface area (Å²) in [6.07, 6.45) is 21.1. The first-order valence-corrected chi connectivity index (χ1v) is 8.91. The van der Waals surface area contributed by atoms with Gasteiger partial charge in [-0.3, -0.25) is 0 Å². The van der Waals surface area contributed by atoms with Crippen molar-refractivity contribution in [1.29, 1.82) is 0 Å². The number of hydrogen-bond acceptors (Lipinski definition) is 0. The summed E-state index contributed by atoms with van der Waals surface area (Å²) in [6, 6.07) is 0. The Labute approximate surface area is 168 Å². The highest BCUT2D eigenvalue weighted by molar-refractivity contribution is 4.65. The SMILES string of the molecule is CCn1cc[n+](CCCCCCCC[n+]2ccn(CC)c2)c1.[Br-].[Br-]. The Kier molecular flexibility index (Phi) is 13.3. The molecule has 0 amide bonds. The Balaban J connectivity index is 0.00000264. The third-order valence-corrected chi connectivity index (χ3v) is 4.31. The summed E-state index contributed by atoms with van der Waals surface area (Å²) in [7, 11) is 0. The molecule has 0 aliphatic rings. The van der Waals surface area contributed by atoms with Crippen molar-refractivity contribution in [1.82, 2.24) is 9.13 Å². The monoisotopic (exact) mass is 462 g/mol. The highest BCUT2D eigenvalue weighted by atomic mass is 79.9. The second-order valence-electron chi connectivity index (χ2n) is 6.09. The molecule has 0 aliphatic carbocycles. The zero-order valence-electron chi connectivity index (χ0n) is 15.1. The quantitative estimate of drug-likeness (QED) is 0.249. The molecule has 0 unspecified atom stereocenters. The predicted molar refractivity (Wildman–Crippen MR) is 88.3 cm³/mol. The van der Waals surface area contributed by atoms with E-state index in [-0.39, 0.29) is 34.0 Å². The Hall–Kier alpha value is -0.620. The fraction of sp³-hybridized carbons (Fsp3) is 0.667. The van der Waals surface area contributed by atoms with E-state index in [1.807, 2.05) is 0 Å². The second-order valence-corrected chi connectivity index (χ2v) is 6.09. The van der Waals surface area contributed by atoms with Gasteiger partial charge in [0, 0.05) is 0 Å². The molecule has 2 rings (SSSR count). The van der Waals surface area contributed by atoms with Gasteiger partial charge < -0.3 is 34.0 Å². The normalized spacial score (nSPS) is 10.2. The molecule has 0 aliphatic heterocycles. The number of imidazole rings is 2. The van der Waals surface area contributed by atoms with Crippen LogP contribution in [0.3, 0.4) is 0 Å². The van der Waals surface area contributed by atoms with Crippen molar-refractivity contribution >= 4 is 0 Å². The van der Waals surface area contributed by atoms with E-state index in [1.165, 1.54) is 38.5 Å². The maximum absolute atomic E-state index is 2.30. The van der Waals surface area contributed by atoms with Crippen molar-refractivity contribution in [2.45, 2.75) is 78.6 Å². The molecular weight excluding hydrogens is 432 g/mol. The van der Waals surface area contributed by atoms with Gasteiger partial charge in [0.05, 0.1) is 26.2 Å². The van der Waals surface area contributed by atoms with Gasteiger partial charge in [-0.2, -0.15) is 0 Å². The van der Waals surface area contributed by atoms with E-state index in [0.29, 0.717) is 0 Å². The number of nitrogens with zero attached hydrogens (tertiary/aromatic N) is 4. The molecule has 138 valence electrons. The first-order chi connectivity index (χ1) is 10.8. The number of unbranched alkanes of at least 4 members (excludes halogenated alkanes) is 5. The van der Waals surface area contributed by atoms with Gasteiger partial charge in [0.15, 0.2) is 0 Å². The molecule has 2 aromatic heterocycles. The van der Waals surface area contributed by atoms with Gasteiger partial charge in [0.2, 0.25) is 12.7 Å². The molecular formula is C18H32Br2N4. The van der Waals surface area contributed by atoms with Crippen LogP contribution in [-0.4, -0.2) is 9.13 Å². The third-order valence-electron chi connectivity index (χ3n) is 4.31.